The smallest absolute Gasteiger partial charge is 0.273 e. The number of hydrogen-bond acceptors (Lipinski definition) is 5. The Morgan fingerprint density at radius 1 is 1.35 bits per heavy atom. The van der Waals surface area contributed by atoms with Crippen LogP contribution in [0.5, 0.6) is 0 Å². The van der Waals surface area contributed by atoms with Crippen molar-refractivity contribution in [3.05, 3.63) is 53.7 Å². The first-order chi connectivity index (χ1) is 11.0. The van der Waals surface area contributed by atoms with Crippen LogP contribution in [-0.4, -0.2) is 28.1 Å². The Balaban J connectivity index is 1.86. The van der Waals surface area contributed by atoms with Crippen LogP contribution in [0.4, 0.5) is 0 Å². The zero-order valence-corrected chi connectivity index (χ0v) is 13.4. The first kappa shape index (κ1) is 17.2. The number of hydrogen-bond donors (Lipinski definition) is 3. The topological polar surface area (TPSA) is 101 Å². The summed E-state index contributed by atoms with van der Waals surface area (Å²) in [5.74, 6) is -0.152. The number of nitrogens with two attached hydrogens (primary N) is 1. The monoisotopic (exact) mass is 317 g/mol. The molecule has 0 aliphatic rings. The minimum atomic E-state index is -0.797. The van der Waals surface area contributed by atoms with Gasteiger partial charge in [0.1, 0.15) is 12.3 Å². The van der Waals surface area contributed by atoms with E-state index in [4.69, 9.17) is 10.2 Å². The lowest BCUT2D eigenvalue weighted by Crippen LogP contribution is -2.33. The lowest BCUT2D eigenvalue weighted by atomic mass is 10.1. The Bertz CT molecular complexity index is 625. The Hall–Kier alpha value is -2.18. The standard InChI is InChI=1S/C17H23N3O3/c1-11(8-9-13-6-4-3-5-7-13)19-16(22)14-10-23-17(20-14)15(18)12(2)21/h3-7,10-12,15,21H,8-9,18H2,1-2H3,(H,19,22). The fourth-order valence-corrected chi connectivity index (χ4v) is 2.15. The molecule has 0 saturated heterocycles. The third kappa shape index (κ3) is 4.91. The SMILES string of the molecule is CC(CCc1ccccc1)NC(=O)c1coc(C(N)C(C)O)n1. The summed E-state index contributed by atoms with van der Waals surface area (Å²) in [5, 5.41) is 12.3. The van der Waals surface area contributed by atoms with E-state index in [1.54, 1.807) is 6.92 Å². The van der Waals surface area contributed by atoms with Gasteiger partial charge in [-0.1, -0.05) is 30.3 Å². The fourth-order valence-electron chi connectivity index (χ4n) is 2.15. The van der Waals surface area contributed by atoms with Crippen molar-refractivity contribution in [2.45, 2.75) is 44.9 Å². The molecule has 4 N–H and O–H groups in total. The summed E-state index contributed by atoms with van der Waals surface area (Å²) in [4.78, 5) is 16.2. The number of carbonyl (C=O) groups is 1. The number of aryl methyl sites for hydroxylation is 1. The van der Waals surface area contributed by atoms with Gasteiger partial charge in [-0.2, -0.15) is 0 Å². The van der Waals surface area contributed by atoms with Crippen LogP contribution in [-0.2, 0) is 6.42 Å². The number of nitrogens with zero attached hydrogens (tertiary/aromatic N) is 1. The van der Waals surface area contributed by atoms with Gasteiger partial charge in [0, 0.05) is 6.04 Å². The molecule has 1 aromatic heterocycles. The second-order valence-corrected chi connectivity index (χ2v) is 5.74. The second-order valence-electron chi connectivity index (χ2n) is 5.74. The molecule has 0 radical (unpaired) electrons. The number of aliphatic hydroxyl groups excluding tert-OH is 1. The normalized spacial score (nSPS) is 15.0. The molecule has 3 atom stereocenters. The number of aromatic nitrogens is 1. The lowest BCUT2D eigenvalue weighted by molar-refractivity contribution is 0.0933. The van der Waals surface area contributed by atoms with E-state index in [9.17, 15) is 9.90 Å². The molecule has 0 spiro atoms. The highest BCUT2D eigenvalue weighted by Crippen LogP contribution is 2.14. The third-order valence-electron chi connectivity index (χ3n) is 3.65. The molecule has 0 aliphatic carbocycles. The van der Waals surface area contributed by atoms with Gasteiger partial charge >= 0.3 is 0 Å². The minimum Gasteiger partial charge on any atom is -0.446 e. The van der Waals surface area contributed by atoms with Crippen LogP contribution in [0.1, 0.15) is 48.3 Å². The molecule has 1 aromatic carbocycles. The molecule has 1 heterocycles. The lowest BCUT2D eigenvalue weighted by Gasteiger charge is -2.12. The van der Waals surface area contributed by atoms with E-state index in [1.807, 2.05) is 25.1 Å². The minimum absolute atomic E-state index is 0.00768. The van der Waals surface area contributed by atoms with Crippen molar-refractivity contribution in [3.63, 3.8) is 0 Å². The second kappa shape index (κ2) is 7.89. The van der Waals surface area contributed by atoms with Gasteiger partial charge in [0.05, 0.1) is 6.10 Å². The summed E-state index contributed by atoms with van der Waals surface area (Å²) in [6.45, 7) is 3.49. The van der Waals surface area contributed by atoms with E-state index in [0.717, 1.165) is 12.8 Å². The summed E-state index contributed by atoms with van der Waals surface area (Å²) in [5.41, 5.74) is 7.13. The molecule has 2 aromatic rings. The first-order valence-corrected chi connectivity index (χ1v) is 7.71. The van der Waals surface area contributed by atoms with Gasteiger partial charge in [0.15, 0.2) is 5.69 Å². The fraction of sp³-hybridized carbons (Fsp3) is 0.412. The van der Waals surface area contributed by atoms with Crippen LogP contribution in [0.2, 0.25) is 0 Å². The summed E-state index contributed by atoms with van der Waals surface area (Å²) in [6, 6.07) is 9.38. The molecule has 0 bridgehead atoms. The number of nitrogens with one attached hydrogen (secondary N) is 1. The highest BCUT2D eigenvalue weighted by atomic mass is 16.3. The van der Waals surface area contributed by atoms with E-state index in [0.29, 0.717) is 0 Å². The Kier molecular flexibility index (Phi) is 5.90. The zero-order valence-electron chi connectivity index (χ0n) is 13.4. The molecule has 3 unspecified atom stereocenters. The van der Waals surface area contributed by atoms with Gasteiger partial charge < -0.3 is 20.6 Å². The van der Waals surface area contributed by atoms with Crippen LogP contribution < -0.4 is 11.1 Å². The highest BCUT2D eigenvalue weighted by Gasteiger charge is 2.21. The largest absolute Gasteiger partial charge is 0.446 e. The highest BCUT2D eigenvalue weighted by molar-refractivity contribution is 5.92. The maximum absolute atomic E-state index is 12.1. The van der Waals surface area contributed by atoms with E-state index in [-0.39, 0.29) is 23.5 Å². The number of amides is 1. The van der Waals surface area contributed by atoms with Gasteiger partial charge in [0.2, 0.25) is 5.89 Å². The van der Waals surface area contributed by atoms with Crippen molar-refractivity contribution in [2.24, 2.45) is 5.73 Å². The molecule has 0 aliphatic heterocycles. The van der Waals surface area contributed by atoms with E-state index in [2.05, 4.69) is 22.4 Å². The number of rotatable bonds is 7. The number of oxazole rings is 1. The third-order valence-corrected chi connectivity index (χ3v) is 3.65. The van der Waals surface area contributed by atoms with Crippen LogP contribution >= 0.6 is 0 Å². The first-order valence-electron chi connectivity index (χ1n) is 7.71. The summed E-state index contributed by atoms with van der Waals surface area (Å²) < 4.78 is 5.16. The van der Waals surface area contributed by atoms with Crippen molar-refractivity contribution in [1.82, 2.24) is 10.3 Å². The van der Waals surface area contributed by atoms with Crippen molar-refractivity contribution in [1.29, 1.82) is 0 Å². The molecule has 0 saturated carbocycles. The predicted octanol–water partition coefficient (Wildman–Crippen LogP) is 1.81. The maximum Gasteiger partial charge on any atom is 0.273 e. The molecule has 6 heteroatoms. The van der Waals surface area contributed by atoms with Gasteiger partial charge in [-0.05, 0) is 32.3 Å². The molecule has 6 nitrogen and oxygen atoms in total. The van der Waals surface area contributed by atoms with Crippen LogP contribution in [0.15, 0.2) is 41.0 Å². The average molecular weight is 317 g/mol. The van der Waals surface area contributed by atoms with Gasteiger partial charge in [-0.15, -0.1) is 0 Å². The molecule has 124 valence electrons. The molecule has 2 rings (SSSR count). The molecular formula is C17H23N3O3. The molecule has 23 heavy (non-hydrogen) atoms. The number of aliphatic hydroxyl groups is 1. The predicted molar refractivity (Wildman–Crippen MR) is 86.8 cm³/mol. The van der Waals surface area contributed by atoms with Crippen molar-refractivity contribution in [3.8, 4) is 0 Å². The molecular weight excluding hydrogens is 294 g/mol. The van der Waals surface area contributed by atoms with E-state index in [1.165, 1.54) is 11.8 Å². The van der Waals surface area contributed by atoms with Crippen molar-refractivity contribution >= 4 is 5.91 Å². The summed E-state index contributed by atoms with van der Waals surface area (Å²) in [6.07, 6.45) is 2.18. The maximum atomic E-state index is 12.1. The van der Waals surface area contributed by atoms with Crippen molar-refractivity contribution in [2.75, 3.05) is 0 Å². The van der Waals surface area contributed by atoms with E-state index < -0.39 is 12.1 Å². The quantitative estimate of drug-likeness (QED) is 0.723. The molecule has 0 fully saturated rings. The number of carbonyl (C=O) groups excluding carboxylic acids is 1. The summed E-state index contributed by atoms with van der Waals surface area (Å²) in [7, 11) is 0. The Morgan fingerprint density at radius 2 is 2.04 bits per heavy atom. The Labute approximate surface area is 135 Å². The number of benzene rings is 1. The van der Waals surface area contributed by atoms with E-state index >= 15 is 0 Å². The van der Waals surface area contributed by atoms with Crippen LogP contribution in [0.25, 0.3) is 0 Å². The summed E-state index contributed by atoms with van der Waals surface area (Å²) >= 11 is 0. The van der Waals surface area contributed by atoms with Crippen molar-refractivity contribution < 1.29 is 14.3 Å². The zero-order chi connectivity index (χ0) is 16.8. The van der Waals surface area contributed by atoms with Crippen LogP contribution in [0.3, 0.4) is 0 Å². The van der Waals surface area contributed by atoms with Crippen LogP contribution in [0, 0.1) is 0 Å². The van der Waals surface area contributed by atoms with Gasteiger partial charge in [-0.3, -0.25) is 4.79 Å². The average Bonchev–Trinajstić information content (AvgIpc) is 3.03. The Morgan fingerprint density at radius 3 is 2.70 bits per heavy atom. The molecule has 1 amide bonds. The van der Waals surface area contributed by atoms with Gasteiger partial charge in [0.25, 0.3) is 5.91 Å². The van der Waals surface area contributed by atoms with Gasteiger partial charge in [-0.25, -0.2) is 4.98 Å².